The van der Waals surface area contributed by atoms with Crippen LogP contribution in [-0.2, 0) is 17.8 Å². The number of anilines is 1. The van der Waals surface area contributed by atoms with Crippen LogP contribution in [0.1, 0.15) is 17.5 Å². The zero-order valence-electron chi connectivity index (χ0n) is 14.3. The minimum atomic E-state index is -0.612. The van der Waals surface area contributed by atoms with Crippen LogP contribution in [-0.4, -0.2) is 24.0 Å². The Kier molecular flexibility index (Phi) is 5.88. The molecule has 2 aromatic rings. The minimum absolute atomic E-state index is 0.0182. The quantitative estimate of drug-likeness (QED) is 0.579. The van der Waals surface area contributed by atoms with Gasteiger partial charge in [-0.05, 0) is 42.3 Å². The van der Waals surface area contributed by atoms with Crippen LogP contribution in [0.25, 0.3) is 0 Å². The van der Waals surface area contributed by atoms with Crippen LogP contribution >= 0.6 is 11.6 Å². The number of amides is 1. The average molecular weight is 394 g/mol. The van der Waals surface area contributed by atoms with Crippen molar-refractivity contribution in [2.75, 3.05) is 18.5 Å². The van der Waals surface area contributed by atoms with Crippen molar-refractivity contribution in [1.82, 2.24) is 5.32 Å². The largest absolute Gasteiger partial charge is 0.486 e. The van der Waals surface area contributed by atoms with Crippen LogP contribution in [0.4, 0.5) is 15.8 Å². The van der Waals surface area contributed by atoms with Gasteiger partial charge in [0.1, 0.15) is 5.82 Å². The highest BCUT2D eigenvalue weighted by atomic mass is 35.5. The van der Waals surface area contributed by atoms with Crippen molar-refractivity contribution in [3.63, 3.8) is 0 Å². The van der Waals surface area contributed by atoms with Crippen LogP contribution < -0.4 is 15.4 Å². The average Bonchev–Trinajstić information content (AvgIpc) is 2.65. The van der Waals surface area contributed by atoms with E-state index >= 15 is 0 Å². The number of nitrogens with zero attached hydrogens (tertiary/aromatic N) is 1. The molecular formula is C18H17ClFN3O4. The van der Waals surface area contributed by atoms with E-state index in [0.717, 1.165) is 5.56 Å². The van der Waals surface area contributed by atoms with Crippen LogP contribution in [0.3, 0.4) is 0 Å². The first-order valence-electron chi connectivity index (χ1n) is 8.33. The maximum atomic E-state index is 14.5. The van der Waals surface area contributed by atoms with Crippen LogP contribution in [0.2, 0.25) is 5.02 Å². The van der Waals surface area contributed by atoms with Gasteiger partial charge in [0.25, 0.3) is 0 Å². The summed E-state index contributed by atoms with van der Waals surface area (Å²) in [6, 6.07) is 7.32. The molecule has 9 heteroatoms. The molecule has 0 saturated carbocycles. The number of hydrogen-bond acceptors (Lipinski definition) is 5. The molecule has 0 spiro atoms. The number of hydrogen-bond donors (Lipinski definition) is 2. The molecule has 142 valence electrons. The Morgan fingerprint density at radius 3 is 2.96 bits per heavy atom. The highest BCUT2D eigenvalue weighted by Crippen LogP contribution is 2.30. The number of nitrogens with one attached hydrogen (secondary N) is 2. The Bertz CT molecular complexity index is 891. The first-order chi connectivity index (χ1) is 13.0. The molecule has 0 atom stereocenters. The standard InChI is InChI=1S/C18H17ClFN3O4/c19-12-2-4-16(15(9-12)23(25)26)27-8-6-17(24)22-14-3-1-11-10-21-7-5-13(11)18(14)20/h1-4,9,21H,5-8,10H2,(H,22,24). The summed E-state index contributed by atoms with van der Waals surface area (Å²) < 4.78 is 19.8. The van der Waals surface area contributed by atoms with E-state index in [1.54, 1.807) is 6.07 Å². The highest BCUT2D eigenvalue weighted by molar-refractivity contribution is 6.30. The Labute approximate surface area is 159 Å². The molecule has 0 saturated heterocycles. The molecule has 2 aromatic carbocycles. The van der Waals surface area contributed by atoms with E-state index in [0.29, 0.717) is 25.1 Å². The third kappa shape index (κ3) is 4.53. The number of rotatable bonds is 6. The van der Waals surface area contributed by atoms with Crippen molar-refractivity contribution in [2.24, 2.45) is 0 Å². The minimum Gasteiger partial charge on any atom is -0.486 e. The highest BCUT2D eigenvalue weighted by Gasteiger charge is 2.18. The lowest BCUT2D eigenvalue weighted by molar-refractivity contribution is -0.385. The van der Waals surface area contributed by atoms with E-state index in [1.165, 1.54) is 24.3 Å². The second kappa shape index (κ2) is 8.32. The number of nitro benzene ring substituents is 1. The van der Waals surface area contributed by atoms with Gasteiger partial charge in [0, 0.05) is 17.6 Å². The van der Waals surface area contributed by atoms with Crippen LogP contribution in [0.15, 0.2) is 30.3 Å². The van der Waals surface area contributed by atoms with Crippen molar-refractivity contribution in [3.8, 4) is 5.75 Å². The van der Waals surface area contributed by atoms with Crippen molar-refractivity contribution < 1.29 is 18.8 Å². The predicted molar refractivity (Wildman–Crippen MR) is 98.7 cm³/mol. The summed E-state index contributed by atoms with van der Waals surface area (Å²) in [4.78, 5) is 22.5. The van der Waals surface area contributed by atoms with Gasteiger partial charge in [-0.1, -0.05) is 17.7 Å². The van der Waals surface area contributed by atoms with Crippen molar-refractivity contribution >= 4 is 28.9 Å². The zero-order valence-corrected chi connectivity index (χ0v) is 15.0. The summed E-state index contributed by atoms with van der Waals surface area (Å²) in [5.41, 5.74) is 1.34. The van der Waals surface area contributed by atoms with Crippen molar-refractivity contribution in [2.45, 2.75) is 19.4 Å². The lowest BCUT2D eigenvalue weighted by Gasteiger charge is -2.19. The van der Waals surface area contributed by atoms with Gasteiger partial charge in [-0.25, -0.2) is 4.39 Å². The summed E-state index contributed by atoms with van der Waals surface area (Å²) in [6.07, 6.45) is 0.478. The summed E-state index contributed by atoms with van der Waals surface area (Å²) in [6.45, 7) is 1.20. The van der Waals surface area contributed by atoms with Gasteiger partial charge in [0.05, 0.1) is 23.6 Å². The first-order valence-corrected chi connectivity index (χ1v) is 8.71. The Morgan fingerprint density at radius 2 is 2.19 bits per heavy atom. The van der Waals surface area contributed by atoms with E-state index in [2.05, 4.69) is 10.6 Å². The fourth-order valence-corrected chi connectivity index (χ4v) is 3.02. The Balaban J connectivity index is 1.59. The zero-order chi connectivity index (χ0) is 19.4. The van der Waals surface area contributed by atoms with Gasteiger partial charge in [0.15, 0.2) is 5.75 Å². The number of fused-ring (bicyclic) bond motifs is 1. The number of benzene rings is 2. The maximum Gasteiger partial charge on any atom is 0.312 e. The van der Waals surface area contributed by atoms with Gasteiger partial charge in [-0.3, -0.25) is 14.9 Å². The Morgan fingerprint density at radius 1 is 1.37 bits per heavy atom. The molecule has 1 aliphatic rings. The van der Waals surface area contributed by atoms with Crippen molar-refractivity contribution in [1.29, 1.82) is 0 Å². The van der Waals surface area contributed by atoms with Crippen molar-refractivity contribution in [3.05, 3.63) is 62.4 Å². The monoisotopic (exact) mass is 393 g/mol. The van der Waals surface area contributed by atoms with Crippen LogP contribution in [0, 0.1) is 15.9 Å². The number of carbonyl (C=O) groups is 1. The third-order valence-corrected chi connectivity index (χ3v) is 4.42. The van der Waals surface area contributed by atoms with Gasteiger partial charge < -0.3 is 15.4 Å². The Hall–Kier alpha value is -2.71. The second-order valence-electron chi connectivity index (χ2n) is 6.01. The molecule has 0 radical (unpaired) electrons. The third-order valence-electron chi connectivity index (χ3n) is 4.19. The number of carbonyl (C=O) groups excluding carboxylic acids is 1. The summed E-state index contributed by atoms with van der Waals surface area (Å²) >= 11 is 5.74. The number of nitro groups is 1. The van der Waals surface area contributed by atoms with E-state index < -0.39 is 16.6 Å². The fourth-order valence-electron chi connectivity index (χ4n) is 2.85. The SMILES string of the molecule is O=C(CCOc1ccc(Cl)cc1[N+](=O)[O-])Nc1ccc2c(c1F)CCNC2. The number of ether oxygens (including phenoxy) is 1. The van der Waals surface area contributed by atoms with E-state index in [4.69, 9.17) is 16.3 Å². The lowest BCUT2D eigenvalue weighted by Crippen LogP contribution is -2.25. The molecule has 27 heavy (non-hydrogen) atoms. The lowest BCUT2D eigenvalue weighted by atomic mass is 9.99. The fraction of sp³-hybridized carbons (Fsp3) is 0.278. The molecule has 1 amide bonds. The second-order valence-corrected chi connectivity index (χ2v) is 6.44. The smallest absolute Gasteiger partial charge is 0.312 e. The topological polar surface area (TPSA) is 93.5 Å². The molecule has 0 aromatic heterocycles. The molecule has 2 N–H and O–H groups in total. The van der Waals surface area contributed by atoms with Gasteiger partial charge in [-0.15, -0.1) is 0 Å². The molecule has 1 heterocycles. The molecule has 0 bridgehead atoms. The van der Waals surface area contributed by atoms with Gasteiger partial charge >= 0.3 is 5.69 Å². The maximum absolute atomic E-state index is 14.5. The predicted octanol–water partition coefficient (Wildman–Crippen LogP) is 3.44. The van der Waals surface area contributed by atoms with Gasteiger partial charge in [-0.2, -0.15) is 0 Å². The van der Waals surface area contributed by atoms with E-state index in [-0.39, 0.29) is 35.2 Å². The number of halogens is 2. The molecule has 0 fully saturated rings. The molecule has 1 aliphatic heterocycles. The summed E-state index contributed by atoms with van der Waals surface area (Å²) in [7, 11) is 0. The molecule has 0 unspecified atom stereocenters. The van der Waals surface area contributed by atoms with Gasteiger partial charge in [0.2, 0.25) is 5.91 Å². The first kappa shape index (κ1) is 19.1. The van der Waals surface area contributed by atoms with Crippen LogP contribution in [0.5, 0.6) is 5.75 Å². The normalized spacial score (nSPS) is 13.0. The molecule has 7 nitrogen and oxygen atoms in total. The molecule has 0 aliphatic carbocycles. The molecule has 3 rings (SSSR count). The molecular weight excluding hydrogens is 377 g/mol. The van der Waals surface area contributed by atoms with E-state index in [1.807, 2.05) is 0 Å². The van der Waals surface area contributed by atoms with E-state index in [9.17, 15) is 19.3 Å². The summed E-state index contributed by atoms with van der Waals surface area (Å²) in [5.74, 6) is -0.847. The summed E-state index contributed by atoms with van der Waals surface area (Å²) in [5, 5.41) is 16.9.